The number of aryl methyl sites for hydroxylation is 2. The number of benzene rings is 1. The highest BCUT2D eigenvalue weighted by Gasteiger charge is 2.10. The molecule has 0 saturated carbocycles. The smallest absolute Gasteiger partial charge is 0.0725 e. The molecule has 0 amide bonds. The second-order valence-electron chi connectivity index (χ2n) is 4.97. The summed E-state index contributed by atoms with van der Waals surface area (Å²) in [7, 11) is 0. The predicted octanol–water partition coefficient (Wildman–Crippen LogP) is 4.19. The molecule has 4 rings (SSSR count). The molecule has 0 atom stereocenters. The number of fused-ring (bicyclic) bond motifs is 5. The molecule has 0 bridgehead atoms. The number of para-hydroxylation sites is 1. The van der Waals surface area contributed by atoms with Gasteiger partial charge >= 0.3 is 0 Å². The third kappa shape index (κ3) is 1.07. The van der Waals surface area contributed by atoms with E-state index in [1.165, 1.54) is 38.4 Å². The highest BCUT2D eigenvalue weighted by molar-refractivity contribution is 6.12. The molecule has 0 saturated heterocycles. The molecule has 0 aliphatic rings. The Labute approximate surface area is 105 Å². The number of H-pyrrole nitrogens is 1. The van der Waals surface area contributed by atoms with Crippen LogP contribution in [0.25, 0.3) is 27.3 Å². The van der Waals surface area contributed by atoms with E-state index in [0.717, 1.165) is 0 Å². The van der Waals surface area contributed by atoms with Crippen LogP contribution in [0.3, 0.4) is 0 Å². The first-order valence-electron chi connectivity index (χ1n) is 6.23. The van der Waals surface area contributed by atoms with Crippen LogP contribution in [0.1, 0.15) is 11.1 Å². The molecule has 1 aromatic carbocycles. The van der Waals surface area contributed by atoms with Gasteiger partial charge in [-0.2, -0.15) is 0 Å². The van der Waals surface area contributed by atoms with Crippen LogP contribution in [0.15, 0.2) is 42.7 Å². The average Bonchev–Trinajstić information content (AvgIpc) is 2.88. The van der Waals surface area contributed by atoms with Gasteiger partial charge < -0.3 is 9.38 Å². The van der Waals surface area contributed by atoms with Crippen LogP contribution >= 0.6 is 0 Å². The first kappa shape index (κ1) is 9.77. The highest BCUT2D eigenvalue weighted by Crippen LogP contribution is 2.30. The molecule has 3 heterocycles. The largest absolute Gasteiger partial charge is 0.353 e. The maximum absolute atomic E-state index is 3.55. The number of aromatic amines is 1. The molecule has 0 radical (unpaired) electrons. The number of aromatic nitrogens is 2. The average molecular weight is 234 g/mol. The summed E-state index contributed by atoms with van der Waals surface area (Å²) in [5.41, 5.74) is 6.43. The SMILES string of the molecule is Cc1cn2ccc3c4ccccc4[nH]c3c2c1C. The minimum Gasteiger partial charge on any atom is -0.353 e. The molecule has 4 aromatic rings. The Bertz CT molecular complexity index is 894. The zero-order valence-corrected chi connectivity index (χ0v) is 10.5. The molecule has 88 valence electrons. The molecule has 0 unspecified atom stereocenters. The van der Waals surface area contributed by atoms with Crippen molar-refractivity contribution < 1.29 is 0 Å². The topological polar surface area (TPSA) is 20.2 Å². The van der Waals surface area contributed by atoms with Gasteiger partial charge in [0.25, 0.3) is 0 Å². The van der Waals surface area contributed by atoms with Crippen LogP contribution in [-0.4, -0.2) is 9.38 Å². The third-order valence-electron chi connectivity index (χ3n) is 3.92. The van der Waals surface area contributed by atoms with E-state index in [1.54, 1.807) is 0 Å². The van der Waals surface area contributed by atoms with Crippen LogP contribution in [0.5, 0.6) is 0 Å². The number of nitrogens with one attached hydrogen (secondary N) is 1. The predicted molar refractivity (Wildman–Crippen MR) is 76.2 cm³/mol. The van der Waals surface area contributed by atoms with Gasteiger partial charge in [0, 0.05) is 28.7 Å². The van der Waals surface area contributed by atoms with E-state index in [2.05, 4.69) is 66.0 Å². The summed E-state index contributed by atoms with van der Waals surface area (Å²) in [4.78, 5) is 3.55. The number of pyridine rings is 1. The van der Waals surface area contributed by atoms with Crippen molar-refractivity contribution in [3.63, 3.8) is 0 Å². The molecule has 1 N–H and O–H groups in total. The quantitative estimate of drug-likeness (QED) is 0.471. The summed E-state index contributed by atoms with van der Waals surface area (Å²) in [5, 5.41) is 2.60. The minimum absolute atomic E-state index is 1.21. The minimum atomic E-state index is 1.21. The fraction of sp³-hybridized carbons (Fsp3) is 0.125. The Morgan fingerprint density at radius 2 is 1.83 bits per heavy atom. The second kappa shape index (κ2) is 3.16. The number of hydrogen-bond acceptors (Lipinski definition) is 0. The van der Waals surface area contributed by atoms with Gasteiger partial charge in [-0.1, -0.05) is 18.2 Å². The van der Waals surface area contributed by atoms with Crippen LogP contribution in [0.2, 0.25) is 0 Å². The summed E-state index contributed by atoms with van der Waals surface area (Å²) in [6.45, 7) is 4.35. The van der Waals surface area contributed by atoms with Crippen molar-refractivity contribution in [2.45, 2.75) is 13.8 Å². The summed E-state index contributed by atoms with van der Waals surface area (Å²) in [6, 6.07) is 10.7. The third-order valence-corrected chi connectivity index (χ3v) is 3.92. The molecule has 3 aromatic heterocycles. The molecule has 0 aliphatic heterocycles. The van der Waals surface area contributed by atoms with Crippen LogP contribution < -0.4 is 0 Å². The molecule has 18 heavy (non-hydrogen) atoms. The van der Waals surface area contributed by atoms with Gasteiger partial charge in [-0.05, 0) is 37.1 Å². The Morgan fingerprint density at radius 1 is 1.00 bits per heavy atom. The van der Waals surface area contributed by atoms with Gasteiger partial charge in [0.2, 0.25) is 0 Å². The van der Waals surface area contributed by atoms with Gasteiger partial charge in [-0.25, -0.2) is 0 Å². The molecule has 0 spiro atoms. The van der Waals surface area contributed by atoms with Gasteiger partial charge in [-0.3, -0.25) is 0 Å². The van der Waals surface area contributed by atoms with Crippen molar-refractivity contribution in [3.8, 4) is 0 Å². The summed E-state index contributed by atoms with van der Waals surface area (Å²) in [6.07, 6.45) is 4.34. The van der Waals surface area contributed by atoms with Gasteiger partial charge in [0.15, 0.2) is 0 Å². The van der Waals surface area contributed by atoms with Gasteiger partial charge in [-0.15, -0.1) is 0 Å². The molecule has 2 nitrogen and oxygen atoms in total. The Balaban J connectivity index is 2.35. The van der Waals surface area contributed by atoms with Crippen molar-refractivity contribution >= 4 is 27.3 Å². The van der Waals surface area contributed by atoms with E-state index in [0.29, 0.717) is 0 Å². The van der Waals surface area contributed by atoms with Crippen molar-refractivity contribution in [2.24, 2.45) is 0 Å². The molecule has 0 fully saturated rings. The number of nitrogens with zero attached hydrogens (tertiary/aromatic N) is 1. The maximum atomic E-state index is 3.55. The monoisotopic (exact) mass is 234 g/mol. The van der Waals surface area contributed by atoms with E-state index in [-0.39, 0.29) is 0 Å². The van der Waals surface area contributed by atoms with Gasteiger partial charge in [0.05, 0.1) is 11.0 Å². The van der Waals surface area contributed by atoms with Gasteiger partial charge in [0.1, 0.15) is 0 Å². The highest BCUT2D eigenvalue weighted by atomic mass is 14.9. The standard InChI is InChI=1S/C16H14N2/c1-10-9-18-8-7-13-12-5-3-4-6-14(12)17-15(13)16(18)11(10)2/h3-9,17H,1-2H3. The van der Waals surface area contributed by atoms with Crippen molar-refractivity contribution in [2.75, 3.05) is 0 Å². The Morgan fingerprint density at radius 3 is 2.72 bits per heavy atom. The van der Waals surface area contributed by atoms with Crippen LogP contribution in [-0.2, 0) is 0 Å². The first-order chi connectivity index (χ1) is 8.75. The molecule has 2 heteroatoms. The summed E-state index contributed by atoms with van der Waals surface area (Å²) < 4.78 is 2.21. The van der Waals surface area contributed by atoms with E-state index in [1.807, 2.05) is 0 Å². The fourth-order valence-corrected chi connectivity index (χ4v) is 2.86. The van der Waals surface area contributed by atoms with E-state index in [4.69, 9.17) is 0 Å². The summed E-state index contributed by atoms with van der Waals surface area (Å²) >= 11 is 0. The normalized spacial score (nSPS) is 11.9. The lowest BCUT2D eigenvalue weighted by Crippen LogP contribution is -1.83. The van der Waals surface area contributed by atoms with Crippen molar-refractivity contribution in [3.05, 3.63) is 53.9 Å². The Hall–Kier alpha value is -2.22. The first-order valence-corrected chi connectivity index (χ1v) is 6.23. The molecular weight excluding hydrogens is 220 g/mol. The lowest BCUT2D eigenvalue weighted by atomic mass is 10.1. The lowest BCUT2D eigenvalue weighted by molar-refractivity contribution is 1.20. The second-order valence-corrected chi connectivity index (χ2v) is 4.97. The van der Waals surface area contributed by atoms with Crippen molar-refractivity contribution in [1.29, 1.82) is 0 Å². The summed E-state index contributed by atoms with van der Waals surface area (Å²) in [5.74, 6) is 0. The molecular formula is C16H14N2. The lowest BCUT2D eigenvalue weighted by Gasteiger charge is -1.98. The zero-order chi connectivity index (χ0) is 12.3. The van der Waals surface area contributed by atoms with Crippen molar-refractivity contribution in [1.82, 2.24) is 9.38 Å². The maximum Gasteiger partial charge on any atom is 0.0725 e. The van der Waals surface area contributed by atoms with Crippen LogP contribution in [0.4, 0.5) is 0 Å². The molecule has 0 aliphatic carbocycles. The zero-order valence-electron chi connectivity index (χ0n) is 10.5. The van der Waals surface area contributed by atoms with E-state index >= 15 is 0 Å². The fourth-order valence-electron chi connectivity index (χ4n) is 2.86. The van der Waals surface area contributed by atoms with E-state index < -0.39 is 0 Å². The number of rotatable bonds is 0. The Kier molecular flexibility index (Phi) is 1.72. The van der Waals surface area contributed by atoms with E-state index in [9.17, 15) is 0 Å². The van der Waals surface area contributed by atoms with Crippen LogP contribution in [0, 0.1) is 13.8 Å². The number of hydrogen-bond donors (Lipinski definition) is 1.